The molecule has 0 fully saturated rings. The lowest BCUT2D eigenvalue weighted by Crippen LogP contribution is -2.36. The third-order valence-corrected chi connectivity index (χ3v) is 5.11. The van der Waals surface area contributed by atoms with Crippen LogP contribution in [0.4, 0.5) is 0 Å². The summed E-state index contributed by atoms with van der Waals surface area (Å²) in [5.41, 5.74) is -0.152. The fourth-order valence-corrected chi connectivity index (χ4v) is 2.74. The van der Waals surface area contributed by atoms with Gasteiger partial charge in [-0.25, -0.2) is 4.79 Å². The van der Waals surface area contributed by atoms with Gasteiger partial charge >= 0.3 is 5.97 Å². The molecular formula is C18H36O3. The second-order valence-corrected chi connectivity index (χ2v) is 7.20. The van der Waals surface area contributed by atoms with Crippen molar-refractivity contribution in [1.82, 2.24) is 0 Å². The van der Waals surface area contributed by atoms with Gasteiger partial charge in [0.2, 0.25) is 0 Å². The van der Waals surface area contributed by atoms with E-state index in [0.29, 0.717) is 5.92 Å². The highest BCUT2D eigenvalue weighted by Crippen LogP contribution is 2.38. The maximum absolute atomic E-state index is 11.8. The highest BCUT2D eigenvalue weighted by molar-refractivity contribution is 5.72. The Morgan fingerprint density at radius 2 is 1.48 bits per heavy atom. The van der Waals surface area contributed by atoms with Gasteiger partial charge in [-0.2, -0.15) is 5.26 Å². The molecule has 0 bridgehead atoms. The quantitative estimate of drug-likeness (QED) is 0.280. The van der Waals surface area contributed by atoms with Gasteiger partial charge < -0.3 is 4.89 Å². The lowest BCUT2D eigenvalue weighted by molar-refractivity contribution is -0.243. The topological polar surface area (TPSA) is 46.5 Å². The average Bonchev–Trinajstić information content (AvgIpc) is 2.44. The molecule has 1 atom stereocenters. The van der Waals surface area contributed by atoms with E-state index in [1.807, 2.05) is 0 Å². The molecule has 1 N–H and O–H groups in total. The highest BCUT2D eigenvalue weighted by Gasteiger charge is 2.38. The van der Waals surface area contributed by atoms with E-state index in [-0.39, 0.29) is 11.3 Å². The van der Waals surface area contributed by atoms with Crippen molar-refractivity contribution < 1.29 is 14.9 Å². The SMILES string of the molecule is CCCCCCCCCCC(C(=O)OO)C(C)(C)C(C)C. The fourth-order valence-electron chi connectivity index (χ4n) is 2.74. The Morgan fingerprint density at radius 1 is 1.00 bits per heavy atom. The van der Waals surface area contributed by atoms with Crippen molar-refractivity contribution >= 4 is 5.97 Å². The van der Waals surface area contributed by atoms with Gasteiger partial charge in [-0.05, 0) is 17.8 Å². The molecule has 0 aromatic heterocycles. The zero-order chi connectivity index (χ0) is 16.3. The van der Waals surface area contributed by atoms with E-state index >= 15 is 0 Å². The van der Waals surface area contributed by atoms with Gasteiger partial charge in [0, 0.05) is 0 Å². The zero-order valence-corrected chi connectivity index (χ0v) is 14.8. The van der Waals surface area contributed by atoms with Crippen molar-refractivity contribution in [2.24, 2.45) is 17.3 Å². The largest absolute Gasteiger partial charge is 0.345 e. The molecule has 0 radical (unpaired) electrons. The van der Waals surface area contributed by atoms with E-state index < -0.39 is 5.97 Å². The maximum Gasteiger partial charge on any atom is 0.345 e. The lowest BCUT2D eigenvalue weighted by atomic mass is 9.69. The molecule has 3 nitrogen and oxygen atoms in total. The standard InChI is InChI=1S/C18H36O3/c1-6-7-8-9-10-11-12-13-14-16(17(19)21-20)18(4,5)15(2)3/h15-16,20H,6-14H2,1-5H3. The summed E-state index contributed by atoms with van der Waals surface area (Å²) in [5.74, 6) is -0.324. The third kappa shape index (κ3) is 7.85. The van der Waals surface area contributed by atoms with Crippen LogP contribution in [0, 0.1) is 17.3 Å². The molecule has 0 aliphatic heterocycles. The summed E-state index contributed by atoms with van der Waals surface area (Å²) < 4.78 is 0. The van der Waals surface area contributed by atoms with E-state index in [2.05, 4.69) is 39.5 Å². The second-order valence-electron chi connectivity index (χ2n) is 7.20. The smallest absolute Gasteiger partial charge is 0.301 e. The van der Waals surface area contributed by atoms with Gasteiger partial charge in [0.05, 0.1) is 5.92 Å². The Hall–Kier alpha value is -0.570. The van der Waals surface area contributed by atoms with Crippen LogP contribution in [0.25, 0.3) is 0 Å². The van der Waals surface area contributed by atoms with Crippen LogP contribution in [-0.2, 0) is 9.68 Å². The van der Waals surface area contributed by atoms with Crippen molar-refractivity contribution in [2.45, 2.75) is 92.4 Å². The van der Waals surface area contributed by atoms with Crippen LogP contribution in [0.1, 0.15) is 92.4 Å². The number of hydrogen-bond acceptors (Lipinski definition) is 3. The number of carbonyl (C=O) groups is 1. The fraction of sp³-hybridized carbons (Fsp3) is 0.944. The summed E-state index contributed by atoms with van der Waals surface area (Å²) in [5, 5.41) is 8.72. The first-order chi connectivity index (χ1) is 9.87. The van der Waals surface area contributed by atoms with Crippen molar-refractivity contribution in [1.29, 1.82) is 0 Å². The molecule has 0 spiro atoms. The third-order valence-electron chi connectivity index (χ3n) is 5.11. The van der Waals surface area contributed by atoms with Gasteiger partial charge in [-0.1, -0.05) is 86.0 Å². The van der Waals surface area contributed by atoms with Gasteiger partial charge in [0.1, 0.15) is 0 Å². The Labute approximate surface area is 131 Å². The van der Waals surface area contributed by atoms with Gasteiger partial charge in [0.25, 0.3) is 0 Å². The molecule has 1 unspecified atom stereocenters. The Kier molecular flexibility index (Phi) is 10.8. The summed E-state index contributed by atoms with van der Waals surface area (Å²) in [6, 6.07) is 0. The molecule has 0 aliphatic rings. The predicted molar refractivity (Wildman–Crippen MR) is 88.1 cm³/mol. The van der Waals surface area contributed by atoms with Gasteiger partial charge in [-0.3, -0.25) is 0 Å². The molecule has 0 aromatic rings. The first-order valence-electron chi connectivity index (χ1n) is 8.73. The van der Waals surface area contributed by atoms with Gasteiger partial charge in [0.15, 0.2) is 0 Å². The van der Waals surface area contributed by atoms with E-state index in [4.69, 9.17) is 5.26 Å². The molecular weight excluding hydrogens is 264 g/mol. The first kappa shape index (κ1) is 20.4. The van der Waals surface area contributed by atoms with Crippen molar-refractivity contribution in [3.8, 4) is 0 Å². The molecule has 3 heteroatoms. The molecule has 21 heavy (non-hydrogen) atoms. The van der Waals surface area contributed by atoms with Crippen molar-refractivity contribution in [2.75, 3.05) is 0 Å². The van der Waals surface area contributed by atoms with Crippen molar-refractivity contribution in [3.05, 3.63) is 0 Å². The minimum atomic E-state index is -0.475. The van der Waals surface area contributed by atoms with Crippen LogP contribution >= 0.6 is 0 Å². The molecule has 0 rings (SSSR count). The molecule has 0 aliphatic carbocycles. The van der Waals surface area contributed by atoms with E-state index in [0.717, 1.165) is 19.3 Å². The summed E-state index contributed by atoms with van der Waals surface area (Å²) >= 11 is 0. The minimum absolute atomic E-state index is 0.152. The van der Waals surface area contributed by atoms with Crippen molar-refractivity contribution in [3.63, 3.8) is 0 Å². The maximum atomic E-state index is 11.8. The summed E-state index contributed by atoms with van der Waals surface area (Å²) in [7, 11) is 0. The Morgan fingerprint density at radius 3 is 1.90 bits per heavy atom. The number of rotatable bonds is 12. The van der Waals surface area contributed by atoms with Crippen LogP contribution in [0.2, 0.25) is 0 Å². The molecule has 0 saturated heterocycles. The lowest BCUT2D eigenvalue weighted by Gasteiger charge is -2.35. The Balaban J connectivity index is 4.07. The first-order valence-corrected chi connectivity index (χ1v) is 8.73. The normalized spacial score (nSPS) is 13.5. The molecule has 0 amide bonds. The summed E-state index contributed by atoms with van der Waals surface area (Å²) in [6.07, 6.45) is 10.8. The molecule has 0 saturated carbocycles. The number of carbonyl (C=O) groups excluding carboxylic acids is 1. The Bertz CT molecular complexity index is 272. The van der Waals surface area contributed by atoms with Crippen LogP contribution in [0.3, 0.4) is 0 Å². The van der Waals surface area contributed by atoms with Crippen LogP contribution in [0.5, 0.6) is 0 Å². The monoisotopic (exact) mass is 300 g/mol. The predicted octanol–water partition coefficient (Wildman–Crippen LogP) is 5.83. The minimum Gasteiger partial charge on any atom is -0.301 e. The highest BCUT2D eigenvalue weighted by atomic mass is 17.1. The molecule has 0 heterocycles. The average molecular weight is 300 g/mol. The van der Waals surface area contributed by atoms with Crippen LogP contribution < -0.4 is 0 Å². The zero-order valence-electron chi connectivity index (χ0n) is 14.8. The number of unbranched alkanes of at least 4 members (excludes halogenated alkanes) is 7. The van der Waals surface area contributed by atoms with Crippen LogP contribution in [0.15, 0.2) is 0 Å². The van der Waals surface area contributed by atoms with Crippen LogP contribution in [-0.4, -0.2) is 11.2 Å². The van der Waals surface area contributed by atoms with E-state index in [1.165, 1.54) is 38.5 Å². The summed E-state index contributed by atoms with van der Waals surface area (Å²) in [6.45, 7) is 10.6. The number of hydrogen-bond donors (Lipinski definition) is 1. The molecule has 126 valence electrons. The van der Waals surface area contributed by atoms with E-state index in [1.54, 1.807) is 0 Å². The summed E-state index contributed by atoms with van der Waals surface area (Å²) in [4.78, 5) is 15.9. The second kappa shape index (κ2) is 11.1. The van der Waals surface area contributed by atoms with Gasteiger partial charge in [-0.15, -0.1) is 0 Å². The molecule has 0 aromatic carbocycles. The van der Waals surface area contributed by atoms with E-state index in [9.17, 15) is 4.79 Å².